The predicted octanol–water partition coefficient (Wildman–Crippen LogP) is 1.82. The van der Waals surface area contributed by atoms with Crippen LogP contribution in [-0.4, -0.2) is 39.8 Å². The van der Waals surface area contributed by atoms with Crippen LogP contribution in [0.15, 0.2) is 64.6 Å². The van der Waals surface area contributed by atoms with Gasteiger partial charge in [-0.3, -0.25) is 4.79 Å². The second kappa shape index (κ2) is 8.50. The average Bonchev–Trinajstić information content (AvgIpc) is 3.14. The molecule has 0 radical (unpaired) electrons. The maximum atomic E-state index is 12.6. The molecule has 2 aromatic carbocycles. The zero-order valence-corrected chi connectivity index (χ0v) is 16.5. The number of nitrogens with zero attached hydrogens (tertiary/aromatic N) is 4. The Hall–Kier alpha value is -2.76. The van der Waals surface area contributed by atoms with E-state index >= 15 is 0 Å². The first-order valence-electron chi connectivity index (χ1n) is 8.32. The monoisotopic (exact) mass is 418 g/mol. The lowest BCUT2D eigenvalue weighted by Gasteiger charge is -2.14. The van der Waals surface area contributed by atoms with Gasteiger partial charge >= 0.3 is 0 Å². The summed E-state index contributed by atoms with van der Waals surface area (Å²) in [5, 5.41) is 19.6. The molecule has 0 aliphatic carbocycles. The SMILES string of the molecule is CC[C@@H](Sc1nnnn1-c1ccccc1)C(=O)Nc1ccc(S(N)(=O)=O)cc1. The van der Waals surface area contributed by atoms with Gasteiger partial charge in [0.15, 0.2) is 0 Å². The summed E-state index contributed by atoms with van der Waals surface area (Å²) in [6.45, 7) is 1.89. The van der Waals surface area contributed by atoms with Crippen molar-refractivity contribution in [2.75, 3.05) is 5.32 Å². The maximum absolute atomic E-state index is 12.6. The van der Waals surface area contributed by atoms with Crippen LogP contribution in [0.25, 0.3) is 5.69 Å². The van der Waals surface area contributed by atoms with E-state index in [9.17, 15) is 13.2 Å². The van der Waals surface area contributed by atoms with Crippen LogP contribution in [-0.2, 0) is 14.8 Å². The summed E-state index contributed by atoms with van der Waals surface area (Å²) in [5.41, 5.74) is 1.27. The molecule has 146 valence electrons. The van der Waals surface area contributed by atoms with Crippen molar-refractivity contribution in [1.82, 2.24) is 20.2 Å². The molecule has 9 nitrogen and oxygen atoms in total. The highest BCUT2D eigenvalue weighted by atomic mass is 32.2. The number of primary sulfonamides is 1. The van der Waals surface area contributed by atoms with Crippen LogP contribution in [0.4, 0.5) is 5.69 Å². The summed E-state index contributed by atoms with van der Waals surface area (Å²) in [7, 11) is -3.78. The van der Waals surface area contributed by atoms with Gasteiger partial charge in [-0.1, -0.05) is 36.9 Å². The molecule has 1 amide bonds. The zero-order chi connectivity index (χ0) is 20.1. The third kappa shape index (κ3) is 4.74. The molecular formula is C17H18N6O3S2. The average molecular weight is 419 g/mol. The molecule has 3 N–H and O–H groups in total. The molecule has 28 heavy (non-hydrogen) atoms. The van der Waals surface area contributed by atoms with Crippen molar-refractivity contribution in [2.24, 2.45) is 5.14 Å². The first-order valence-corrected chi connectivity index (χ1v) is 10.7. The van der Waals surface area contributed by atoms with E-state index in [-0.39, 0.29) is 10.8 Å². The first kappa shape index (κ1) is 20.0. The van der Waals surface area contributed by atoms with E-state index < -0.39 is 15.3 Å². The number of rotatable bonds is 7. The lowest BCUT2D eigenvalue weighted by atomic mass is 10.3. The van der Waals surface area contributed by atoms with Gasteiger partial charge in [0, 0.05) is 5.69 Å². The number of para-hydroxylation sites is 1. The molecule has 11 heteroatoms. The molecule has 0 unspecified atom stereocenters. The number of anilines is 1. The van der Waals surface area contributed by atoms with E-state index in [1.165, 1.54) is 36.0 Å². The summed E-state index contributed by atoms with van der Waals surface area (Å²) >= 11 is 1.25. The van der Waals surface area contributed by atoms with Crippen molar-refractivity contribution in [1.29, 1.82) is 0 Å². The highest BCUT2D eigenvalue weighted by Crippen LogP contribution is 2.26. The Morgan fingerprint density at radius 3 is 2.46 bits per heavy atom. The molecule has 3 aromatic rings. The van der Waals surface area contributed by atoms with Gasteiger partial charge in [-0.15, -0.1) is 5.10 Å². The molecule has 0 saturated heterocycles. The Bertz CT molecular complexity index is 1050. The Morgan fingerprint density at radius 2 is 1.86 bits per heavy atom. The van der Waals surface area contributed by atoms with Crippen LogP contribution in [0.2, 0.25) is 0 Å². The highest BCUT2D eigenvalue weighted by molar-refractivity contribution is 8.00. The number of carbonyl (C=O) groups is 1. The number of carbonyl (C=O) groups excluding carboxylic acids is 1. The van der Waals surface area contributed by atoms with E-state index in [4.69, 9.17) is 5.14 Å². The summed E-state index contributed by atoms with van der Waals surface area (Å²) in [6.07, 6.45) is 0.549. The predicted molar refractivity (Wildman–Crippen MR) is 106 cm³/mol. The van der Waals surface area contributed by atoms with E-state index in [0.717, 1.165) is 5.69 Å². The Morgan fingerprint density at radius 1 is 1.18 bits per heavy atom. The van der Waals surface area contributed by atoms with E-state index in [2.05, 4.69) is 20.8 Å². The fourth-order valence-corrected chi connectivity index (χ4v) is 3.81. The van der Waals surface area contributed by atoms with Gasteiger partial charge in [0.1, 0.15) is 0 Å². The molecule has 0 spiro atoms. The lowest BCUT2D eigenvalue weighted by Crippen LogP contribution is -2.25. The number of hydrogen-bond donors (Lipinski definition) is 2. The van der Waals surface area contributed by atoms with E-state index in [1.807, 2.05) is 37.3 Å². The molecule has 3 rings (SSSR count). The minimum absolute atomic E-state index is 0.0195. The third-order valence-electron chi connectivity index (χ3n) is 3.80. The van der Waals surface area contributed by atoms with Gasteiger partial charge in [-0.25, -0.2) is 13.6 Å². The third-order valence-corrected chi connectivity index (χ3v) is 6.03. The molecule has 1 atom stereocenters. The van der Waals surface area contributed by atoms with E-state index in [0.29, 0.717) is 17.3 Å². The van der Waals surface area contributed by atoms with Gasteiger partial charge in [-0.05, 0) is 53.2 Å². The number of thioether (sulfide) groups is 1. The summed E-state index contributed by atoms with van der Waals surface area (Å²) in [5.74, 6) is -0.238. The normalized spacial score (nSPS) is 12.5. The van der Waals surface area contributed by atoms with Crippen LogP contribution in [0, 0.1) is 0 Å². The van der Waals surface area contributed by atoms with Crippen molar-refractivity contribution >= 4 is 33.4 Å². The summed E-state index contributed by atoms with van der Waals surface area (Å²) in [4.78, 5) is 12.6. The quantitative estimate of drug-likeness (QED) is 0.559. The zero-order valence-electron chi connectivity index (χ0n) is 14.9. The molecule has 0 fully saturated rings. The maximum Gasteiger partial charge on any atom is 0.238 e. The topological polar surface area (TPSA) is 133 Å². The van der Waals surface area contributed by atoms with Crippen molar-refractivity contribution in [3.05, 3.63) is 54.6 Å². The number of sulfonamides is 1. The number of tetrazole rings is 1. The second-order valence-corrected chi connectivity index (χ2v) is 8.51. The minimum Gasteiger partial charge on any atom is -0.325 e. The molecule has 0 saturated carbocycles. The Kier molecular flexibility index (Phi) is 6.07. The minimum atomic E-state index is -3.78. The number of hydrogen-bond acceptors (Lipinski definition) is 7. The van der Waals surface area contributed by atoms with Crippen molar-refractivity contribution < 1.29 is 13.2 Å². The standard InChI is InChI=1S/C17H18N6O3S2/c1-2-15(16(24)19-12-8-10-14(11-9-12)28(18,25)26)27-17-20-21-22-23(17)13-6-4-3-5-7-13/h3-11,15H,2H2,1H3,(H,19,24)(H2,18,25,26)/t15-/m1/s1. The van der Waals surface area contributed by atoms with Crippen LogP contribution in [0.5, 0.6) is 0 Å². The van der Waals surface area contributed by atoms with Crippen molar-refractivity contribution in [3.8, 4) is 5.69 Å². The van der Waals surface area contributed by atoms with Crippen molar-refractivity contribution in [2.45, 2.75) is 28.6 Å². The van der Waals surface area contributed by atoms with Gasteiger partial charge in [0.25, 0.3) is 0 Å². The van der Waals surface area contributed by atoms with Gasteiger partial charge in [0.05, 0.1) is 15.8 Å². The van der Waals surface area contributed by atoms with Crippen LogP contribution in [0.1, 0.15) is 13.3 Å². The van der Waals surface area contributed by atoms with Crippen LogP contribution >= 0.6 is 11.8 Å². The van der Waals surface area contributed by atoms with Crippen LogP contribution in [0.3, 0.4) is 0 Å². The van der Waals surface area contributed by atoms with E-state index in [1.54, 1.807) is 4.68 Å². The first-order chi connectivity index (χ1) is 13.4. The fraction of sp³-hybridized carbons (Fsp3) is 0.176. The van der Waals surface area contributed by atoms with Gasteiger partial charge < -0.3 is 5.32 Å². The highest BCUT2D eigenvalue weighted by Gasteiger charge is 2.22. The Balaban J connectivity index is 1.72. The smallest absolute Gasteiger partial charge is 0.238 e. The number of nitrogens with one attached hydrogen (secondary N) is 1. The molecule has 0 bridgehead atoms. The molecule has 0 aliphatic heterocycles. The number of amides is 1. The lowest BCUT2D eigenvalue weighted by molar-refractivity contribution is -0.115. The number of aromatic nitrogens is 4. The summed E-state index contributed by atoms with van der Waals surface area (Å²) < 4.78 is 24.2. The molecular weight excluding hydrogens is 400 g/mol. The molecule has 1 heterocycles. The molecule has 1 aromatic heterocycles. The van der Waals surface area contributed by atoms with Crippen LogP contribution < -0.4 is 10.5 Å². The largest absolute Gasteiger partial charge is 0.325 e. The molecule has 0 aliphatic rings. The van der Waals surface area contributed by atoms with Gasteiger partial charge in [-0.2, -0.15) is 4.68 Å². The fourth-order valence-electron chi connectivity index (χ4n) is 2.38. The van der Waals surface area contributed by atoms with Crippen molar-refractivity contribution in [3.63, 3.8) is 0 Å². The summed E-state index contributed by atoms with van der Waals surface area (Å²) in [6, 6.07) is 15.0. The number of benzene rings is 2. The Labute approximate surface area is 166 Å². The number of nitrogens with two attached hydrogens (primary N) is 1. The second-order valence-electron chi connectivity index (χ2n) is 5.78. The van der Waals surface area contributed by atoms with Gasteiger partial charge in [0.2, 0.25) is 21.1 Å².